The highest BCUT2D eigenvalue weighted by Gasteiger charge is 1.93. The van der Waals surface area contributed by atoms with E-state index in [9.17, 15) is 0 Å². The van der Waals surface area contributed by atoms with Gasteiger partial charge in [0.25, 0.3) is 0 Å². The number of unbranched alkanes of at least 4 members (excludes halogenated alkanes) is 2. The Kier molecular flexibility index (Phi) is 10.3. The van der Waals surface area contributed by atoms with Gasteiger partial charge in [0.2, 0.25) is 0 Å². The van der Waals surface area contributed by atoms with Crippen molar-refractivity contribution in [2.24, 2.45) is 5.92 Å². The van der Waals surface area contributed by atoms with Crippen molar-refractivity contribution >= 4 is 10.5 Å². The predicted octanol–water partition coefficient (Wildman–Crippen LogP) is 1.52. The van der Waals surface area contributed by atoms with Crippen LogP contribution in [0.25, 0.3) is 0 Å². The Labute approximate surface area is 85.5 Å². The normalized spacial score (nSPS) is 11.3. The summed E-state index contributed by atoms with van der Waals surface area (Å²) in [6, 6.07) is 0. The van der Waals surface area contributed by atoms with E-state index in [0.717, 1.165) is 36.2 Å². The highest BCUT2D eigenvalue weighted by atomic mass is 28.2. The first kappa shape index (κ1) is 13.1. The second-order valence-electron chi connectivity index (χ2n) is 3.85. The van der Waals surface area contributed by atoms with Gasteiger partial charge in [0.1, 0.15) is 10.5 Å². The molecule has 0 atom stereocenters. The molecule has 0 radical (unpaired) electrons. The van der Waals surface area contributed by atoms with E-state index in [-0.39, 0.29) is 0 Å². The molecular formula is C10H24O2Si. The van der Waals surface area contributed by atoms with Gasteiger partial charge in [0.15, 0.2) is 0 Å². The van der Waals surface area contributed by atoms with Crippen molar-refractivity contribution in [1.29, 1.82) is 0 Å². The molecule has 3 heteroatoms. The molecule has 0 fully saturated rings. The topological polar surface area (TPSA) is 18.5 Å². The molecule has 0 aliphatic heterocycles. The summed E-state index contributed by atoms with van der Waals surface area (Å²) in [4.78, 5) is 0. The predicted molar refractivity (Wildman–Crippen MR) is 60.0 cm³/mol. The molecule has 0 aromatic heterocycles. The Balaban J connectivity index is 2.84. The van der Waals surface area contributed by atoms with Gasteiger partial charge in [-0.15, -0.1) is 0 Å². The van der Waals surface area contributed by atoms with Crippen LogP contribution in [-0.2, 0) is 9.16 Å². The highest BCUT2D eigenvalue weighted by Crippen LogP contribution is 2.00. The van der Waals surface area contributed by atoms with Crippen molar-refractivity contribution < 1.29 is 9.16 Å². The van der Waals surface area contributed by atoms with Crippen molar-refractivity contribution in [2.45, 2.75) is 39.5 Å². The summed E-state index contributed by atoms with van der Waals surface area (Å²) in [6.45, 7) is 7.25. The van der Waals surface area contributed by atoms with Gasteiger partial charge in [0, 0.05) is 19.8 Å². The van der Waals surface area contributed by atoms with Crippen LogP contribution in [0.4, 0.5) is 0 Å². The standard InChI is InChI=1S/C10H24O2Si/c1-10(2)6-9-11-7-4-3-5-8-12-13/h10H,3-9H2,1-2,13H3. The Morgan fingerprint density at radius 2 is 1.69 bits per heavy atom. The molecule has 0 rings (SSSR count). The fraction of sp³-hybridized carbons (Fsp3) is 1.00. The smallest absolute Gasteiger partial charge is 0.145 e. The van der Waals surface area contributed by atoms with Crippen LogP contribution in [-0.4, -0.2) is 30.3 Å². The minimum atomic E-state index is 0.762. The molecule has 0 bridgehead atoms. The number of hydrogen-bond donors (Lipinski definition) is 0. The molecule has 0 aliphatic rings. The monoisotopic (exact) mass is 204 g/mol. The molecule has 0 aromatic rings. The maximum absolute atomic E-state index is 5.49. The van der Waals surface area contributed by atoms with Crippen molar-refractivity contribution in [3.63, 3.8) is 0 Å². The van der Waals surface area contributed by atoms with Crippen LogP contribution in [0.1, 0.15) is 39.5 Å². The van der Waals surface area contributed by atoms with Gasteiger partial charge in [-0.1, -0.05) is 13.8 Å². The van der Waals surface area contributed by atoms with E-state index >= 15 is 0 Å². The third-order valence-electron chi connectivity index (χ3n) is 1.98. The molecule has 0 aliphatic carbocycles. The minimum absolute atomic E-state index is 0.762. The number of rotatable bonds is 9. The Bertz CT molecular complexity index is 96.9. The van der Waals surface area contributed by atoms with Gasteiger partial charge in [-0.3, -0.25) is 0 Å². The fourth-order valence-corrected chi connectivity index (χ4v) is 1.34. The lowest BCUT2D eigenvalue weighted by Crippen LogP contribution is -2.01. The molecule has 2 nitrogen and oxygen atoms in total. The summed E-state index contributed by atoms with van der Waals surface area (Å²) < 4.78 is 10.6. The summed E-state index contributed by atoms with van der Waals surface area (Å²) in [5.74, 6) is 0.762. The zero-order valence-corrected chi connectivity index (χ0v) is 11.3. The first-order valence-corrected chi connectivity index (χ1v) is 6.15. The van der Waals surface area contributed by atoms with Gasteiger partial charge in [-0.2, -0.15) is 0 Å². The number of ether oxygens (including phenoxy) is 1. The lowest BCUT2D eigenvalue weighted by molar-refractivity contribution is 0.119. The van der Waals surface area contributed by atoms with Gasteiger partial charge < -0.3 is 9.16 Å². The second kappa shape index (κ2) is 10.2. The first-order chi connectivity index (χ1) is 6.27. The summed E-state index contributed by atoms with van der Waals surface area (Å²) >= 11 is 0. The Hall–Kier alpha value is 0.137. The van der Waals surface area contributed by atoms with E-state index in [4.69, 9.17) is 9.16 Å². The van der Waals surface area contributed by atoms with Crippen LogP contribution >= 0.6 is 0 Å². The Morgan fingerprint density at radius 1 is 1.00 bits per heavy atom. The largest absolute Gasteiger partial charge is 0.428 e. The maximum atomic E-state index is 5.49. The molecule has 0 saturated carbocycles. The third-order valence-corrected chi connectivity index (χ3v) is 2.38. The molecule has 0 amide bonds. The van der Waals surface area contributed by atoms with E-state index in [1.165, 1.54) is 25.7 Å². The van der Waals surface area contributed by atoms with Gasteiger partial charge in [-0.05, 0) is 31.6 Å². The first-order valence-electron chi connectivity index (χ1n) is 5.34. The lowest BCUT2D eigenvalue weighted by atomic mass is 10.1. The lowest BCUT2D eigenvalue weighted by Gasteiger charge is -2.05. The van der Waals surface area contributed by atoms with Gasteiger partial charge >= 0.3 is 0 Å². The molecule has 0 spiro atoms. The summed E-state index contributed by atoms with van der Waals surface area (Å²) in [7, 11) is 0.876. The molecule has 0 aromatic carbocycles. The molecule has 80 valence electrons. The molecule has 0 saturated heterocycles. The van der Waals surface area contributed by atoms with Crippen LogP contribution in [0.2, 0.25) is 0 Å². The van der Waals surface area contributed by atoms with Crippen LogP contribution in [0.3, 0.4) is 0 Å². The maximum Gasteiger partial charge on any atom is 0.145 e. The minimum Gasteiger partial charge on any atom is -0.428 e. The zero-order valence-electron chi connectivity index (χ0n) is 9.34. The van der Waals surface area contributed by atoms with Crippen LogP contribution in [0.5, 0.6) is 0 Å². The summed E-state index contributed by atoms with van der Waals surface area (Å²) in [5.41, 5.74) is 0. The van der Waals surface area contributed by atoms with Crippen molar-refractivity contribution in [1.82, 2.24) is 0 Å². The van der Waals surface area contributed by atoms with Crippen molar-refractivity contribution in [2.75, 3.05) is 19.8 Å². The van der Waals surface area contributed by atoms with Crippen LogP contribution < -0.4 is 0 Å². The fourth-order valence-electron chi connectivity index (χ4n) is 1.05. The van der Waals surface area contributed by atoms with Crippen molar-refractivity contribution in [3.05, 3.63) is 0 Å². The SMILES string of the molecule is CC(C)CCOCCCCCO[SiH3]. The van der Waals surface area contributed by atoms with E-state index in [1.54, 1.807) is 0 Å². The second-order valence-corrected chi connectivity index (χ2v) is 4.43. The van der Waals surface area contributed by atoms with Crippen molar-refractivity contribution in [3.8, 4) is 0 Å². The van der Waals surface area contributed by atoms with E-state index < -0.39 is 0 Å². The third kappa shape index (κ3) is 12.1. The summed E-state index contributed by atoms with van der Waals surface area (Å²) in [6.07, 6.45) is 4.80. The molecule has 0 unspecified atom stereocenters. The number of hydrogen-bond acceptors (Lipinski definition) is 2. The average Bonchev–Trinajstić information content (AvgIpc) is 2.09. The molecular weight excluding hydrogens is 180 g/mol. The zero-order chi connectivity index (χ0) is 9.94. The quantitative estimate of drug-likeness (QED) is 0.419. The molecule has 0 N–H and O–H groups in total. The van der Waals surface area contributed by atoms with Gasteiger partial charge in [-0.25, -0.2) is 0 Å². The van der Waals surface area contributed by atoms with Crippen LogP contribution in [0.15, 0.2) is 0 Å². The molecule has 0 heterocycles. The Morgan fingerprint density at radius 3 is 2.31 bits per heavy atom. The van der Waals surface area contributed by atoms with Crippen LogP contribution in [0, 0.1) is 5.92 Å². The van der Waals surface area contributed by atoms with E-state index in [1.807, 2.05) is 0 Å². The van der Waals surface area contributed by atoms with E-state index in [2.05, 4.69) is 13.8 Å². The van der Waals surface area contributed by atoms with E-state index in [0.29, 0.717) is 0 Å². The average molecular weight is 204 g/mol. The molecule has 13 heavy (non-hydrogen) atoms. The highest BCUT2D eigenvalue weighted by molar-refractivity contribution is 5.97. The summed E-state index contributed by atoms with van der Waals surface area (Å²) in [5, 5.41) is 0. The van der Waals surface area contributed by atoms with Gasteiger partial charge in [0.05, 0.1) is 0 Å².